The normalized spacial score (nSPS) is 10.2. The van der Waals surface area contributed by atoms with E-state index in [1.54, 1.807) is 23.7 Å². The van der Waals surface area contributed by atoms with Gasteiger partial charge in [0, 0.05) is 17.3 Å². The van der Waals surface area contributed by atoms with Crippen LogP contribution < -0.4 is 5.32 Å². The Morgan fingerprint density at radius 1 is 1.41 bits per heavy atom. The minimum absolute atomic E-state index is 0.0162. The van der Waals surface area contributed by atoms with E-state index < -0.39 is 0 Å². The Bertz CT molecular complexity index is 498. The average molecular weight is 311 g/mol. The van der Waals surface area contributed by atoms with Crippen molar-refractivity contribution < 1.29 is 4.79 Å². The molecular weight excluding hydrogens is 300 g/mol. The van der Waals surface area contributed by atoms with Gasteiger partial charge in [0.05, 0.1) is 16.8 Å². The van der Waals surface area contributed by atoms with Crippen LogP contribution in [0.3, 0.4) is 0 Å². The zero-order valence-electron chi connectivity index (χ0n) is 9.02. The van der Waals surface area contributed by atoms with Crippen LogP contribution in [0.2, 0.25) is 0 Å². The number of aromatic nitrogens is 1. The van der Waals surface area contributed by atoms with Gasteiger partial charge in [0.15, 0.2) is 0 Å². The maximum atomic E-state index is 11.6. The molecule has 5 heteroatoms. The molecule has 0 bridgehead atoms. The fourth-order valence-electron chi connectivity index (χ4n) is 1.38. The standard InChI is InChI=1S/C12H11BrN2OS/c13-11-4-3-10(17-11)8-15-12(16)6-9-2-1-5-14-7-9/h1-5,7H,6,8H2,(H,15,16). The van der Waals surface area contributed by atoms with E-state index >= 15 is 0 Å². The Balaban J connectivity index is 1.82. The summed E-state index contributed by atoms with van der Waals surface area (Å²) < 4.78 is 1.08. The molecule has 2 heterocycles. The summed E-state index contributed by atoms with van der Waals surface area (Å²) in [6.07, 6.45) is 3.78. The molecule has 88 valence electrons. The van der Waals surface area contributed by atoms with Crippen LogP contribution in [0.15, 0.2) is 40.4 Å². The summed E-state index contributed by atoms with van der Waals surface area (Å²) in [6.45, 7) is 0.579. The van der Waals surface area contributed by atoms with Crippen molar-refractivity contribution in [3.63, 3.8) is 0 Å². The predicted molar refractivity (Wildman–Crippen MR) is 71.8 cm³/mol. The maximum Gasteiger partial charge on any atom is 0.224 e. The second-order valence-electron chi connectivity index (χ2n) is 3.52. The summed E-state index contributed by atoms with van der Waals surface area (Å²) in [4.78, 5) is 16.8. The van der Waals surface area contributed by atoms with Gasteiger partial charge in [-0.2, -0.15) is 0 Å². The number of thiophene rings is 1. The summed E-state index contributed by atoms with van der Waals surface area (Å²) in [5.74, 6) is 0.0162. The summed E-state index contributed by atoms with van der Waals surface area (Å²) >= 11 is 5.02. The van der Waals surface area contributed by atoms with Crippen LogP contribution >= 0.6 is 27.3 Å². The van der Waals surface area contributed by atoms with Gasteiger partial charge in [0.25, 0.3) is 0 Å². The Morgan fingerprint density at radius 3 is 2.94 bits per heavy atom. The first-order chi connectivity index (χ1) is 8.24. The van der Waals surface area contributed by atoms with E-state index in [1.807, 2.05) is 24.3 Å². The molecule has 0 aliphatic heterocycles. The van der Waals surface area contributed by atoms with Crippen LogP contribution in [-0.2, 0) is 17.8 Å². The molecule has 3 nitrogen and oxygen atoms in total. The van der Waals surface area contributed by atoms with E-state index in [4.69, 9.17) is 0 Å². The molecule has 0 radical (unpaired) electrons. The third kappa shape index (κ3) is 3.94. The van der Waals surface area contributed by atoms with Crippen LogP contribution in [0.4, 0.5) is 0 Å². The van der Waals surface area contributed by atoms with Gasteiger partial charge in [0.1, 0.15) is 0 Å². The SMILES string of the molecule is O=C(Cc1cccnc1)NCc1ccc(Br)s1. The van der Waals surface area contributed by atoms with Crippen LogP contribution in [0, 0.1) is 0 Å². The number of carbonyl (C=O) groups excluding carboxylic acids is 1. The average Bonchev–Trinajstić information content (AvgIpc) is 2.74. The van der Waals surface area contributed by atoms with E-state index in [2.05, 4.69) is 26.2 Å². The minimum atomic E-state index is 0.0162. The molecular formula is C12H11BrN2OS. The number of hydrogen-bond acceptors (Lipinski definition) is 3. The molecule has 2 aromatic rings. The highest BCUT2D eigenvalue weighted by molar-refractivity contribution is 9.11. The lowest BCUT2D eigenvalue weighted by atomic mass is 10.2. The van der Waals surface area contributed by atoms with Gasteiger partial charge in [-0.05, 0) is 39.7 Å². The number of carbonyl (C=O) groups is 1. The third-order valence-corrected chi connectivity index (χ3v) is 3.80. The molecule has 0 aliphatic rings. The Labute approximate surface area is 112 Å². The smallest absolute Gasteiger partial charge is 0.224 e. The van der Waals surface area contributed by atoms with Gasteiger partial charge < -0.3 is 5.32 Å². The van der Waals surface area contributed by atoms with Gasteiger partial charge >= 0.3 is 0 Å². The molecule has 0 aromatic carbocycles. The van der Waals surface area contributed by atoms with E-state index in [0.717, 1.165) is 14.2 Å². The largest absolute Gasteiger partial charge is 0.351 e. The molecule has 0 saturated carbocycles. The second kappa shape index (κ2) is 5.93. The predicted octanol–water partition coefficient (Wildman–Crippen LogP) is 2.76. The number of nitrogens with zero attached hydrogens (tertiary/aromatic N) is 1. The van der Waals surface area contributed by atoms with Gasteiger partial charge in [0.2, 0.25) is 5.91 Å². The van der Waals surface area contributed by atoms with Crippen molar-refractivity contribution >= 4 is 33.2 Å². The zero-order valence-corrected chi connectivity index (χ0v) is 11.4. The maximum absolute atomic E-state index is 11.6. The molecule has 0 atom stereocenters. The van der Waals surface area contributed by atoms with Crippen molar-refractivity contribution in [2.45, 2.75) is 13.0 Å². The molecule has 0 saturated heterocycles. The lowest BCUT2D eigenvalue weighted by Gasteiger charge is -2.03. The quantitative estimate of drug-likeness (QED) is 0.943. The van der Waals surface area contributed by atoms with Crippen LogP contribution in [0.5, 0.6) is 0 Å². The summed E-state index contributed by atoms with van der Waals surface area (Å²) in [5, 5.41) is 2.88. The lowest BCUT2D eigenvalue weighted by Crippen LogP contribution is -2.24. The molecule has 2 aromatic heterocycles. The summed E-state index contributed by atoms with van der Waals surface area (Å²) in [7, 11) is 0. The number of halogens is 1. The molecule has 17 heavy (non-hydrogen) atoms. The van der Waals surface area contributed by atoms with E-state index in [9.17, 15) is 4.79 Å². The molecule has 0 aliphatic carbocycles. The number of pyridine rings is 1. The number of nitrogens with one attached hydrogen (secondary N) is 1. The number of amides is 1. The van der Waals surface area contributed by atoms with Crippen molar-refractivity contribution in [3.8, 4) is 0 Å². The van der Waals surface area contributed by atoms with Gasteiger partial charge in [-0.15, -0.1) is 11.3 Å². The minimum Gasteiger partial charge on any atom is -0.351 e. The molecule has 0 spiro atoms. The Hall–Kier alpha value is -1.20. The first kappa shape index (κ1) is 12.3. The van der Waals surface area contributed by atoms with E-state index in [1.165, 1.54) is 0 Å². The molecule has 0 fully saturated rings. The second-order valence-corrected chi connectivity index (χ2v) is 6.07. The van der Waals surface area contributed by atoms with Gasteiger partial charge in [-0.3, -0.25) is 9.78 Å². The van der Waals surface area contributed by atoms with Crippen molar-refractivity contribution in [1.29, 1.82) is 0 Å². The molecule has 2 rings (SSSR count). The van der Waals surface area contributed by atoms with Crippen LogP contribution in [0.25, 0.3) is 0 Å². The summed E-state index contributed by atoms with van der Waals surface area (Å²) in [6, 6.07) is 7.71. The summed E-state index contributed by atoms with van der Waals surface area (Å²) in [5.41, 5.74) is 0.928. The Morgan fingerprint density at radius 2 is 2.29 bits per heavy atom. The monoisotopic (exact) mass is 310 g/mol. The first-order valence-corrected chi connectivity index (χ1v) is 6.75. The third-order valence-electron chi connectivity index (χ3n) is 2.18. The number of hydrogen-bond donors (Lipinski definition) is 1. The first-order valence-electron chi connectivity index (χ1n) is 5.14. The number of rotatable bonds is 4. The van der Waals surface area contributed by atoms with Gasteiger partial charge in [-0.25, -0.2) is 0 Å². The van der Waals surface area contributed by atoms with E-state index in [-0.39, 0.29) is 5.91 Å². The lowest BCUT2D eigenvalue weighted by molar-refractivity contribution is -0.120. The Kier molecular flexibility index (Phi) is 4.28. The highest BCUT2D eigenvalue weighted by Crippen LogP contribution is 2.21. The van der Waals surface area contributed by atoms with Crippen molar-refractivity contribution in [1.82, 2.24) is 10.3 Å². The van der Waals surface area contributed by atoms with Crippen molar-refractivity contribution in [2.24, 2.45) is 0 Å². The highest BCUT2D eigenvalue weighted by atomic mass is 79.9. The fraction of sp³-hybridized carbons (Fsp3) is 0.167. The molecule has 0 unspecified atom stereocenters. The van der Waals surface area contributed by atoms with Crippen LogP contribution in [0.1, 0.15) is 10.4 Å². The van der Waals surface area contributed by atoms with Crippen molar-refractivity contribution in [2.75, 3.05) is 0 Å². The zero-order chi connectivity index (χ0) is 12.1. The van der Waals surface area contributed by atoms with Crippen LogP contribution in [-0.4, -0.2) is 10.9 Å². The topological polar surface area (TPSA) is 42.0 Å². The van der Waals surface area contributed by atoms with Gasteiger partial charge in [-0.1, -0.05) is 6.07 Å². The molecule has 1 N–H and O–H groups in total. The molecule has 1 amide bonds. The van der Waals surface area contributed by atoms with E-state index in [0.29, 0.717) is 13.0 Å². The highest BCUT2D eigenvalue weighted by Gasteiger charge is 2.04. The fourth-order valence-corrected chi connectivity index (χ4v) is 2.81. The van der Waals surface area contributed by atoms with Crippen molar-refractivity contribution in [3.05, 3.63) is 50.9 Å².